The average Bonchev–Trinajstić information content (AvgIpc) is 2.09. The van der Waals surface area contributed by atoms with Crippen molar-refractivity contribution in [1.29, 1.82) is 0 Å². The first-order valence-corrected chi connectivity index (χ1v) is 4.21. The van der Waals surface area contributed by atoms with Crippen LogP contribution in [-0.2, 0) is 0 Å². The van der Waals surface area contributed by atoms with Crippen LogP contribution in [-0.4, -0.2) is 0 Å². The zero-order valence-electron chi connectivity index (χ0n) is 7.58. The molecule has 1 aromatic carbocycles. The topological polar surface area (TPSA) is 9.23 Å². The van der Waals surface area contributed by atoms with Gasteiger partial charge >= 0.3 is 0 Å². The third-order valence-corrected chi connectivity index (χ3v) is 1.56. The van der Waals surface area contributed by atoms with E-state index < -0.39 is 0 Å². The molecule has 0 amide bonds. The van der Waals surface area contributed by atoms with Crippen molar-refractivity contribution in [1.82, 2.24) is 0 Å². The summed E-state index contributed by atoms with van der Waals surface area (Å²) in [5.74, 6) is 0.894. The Kier molecular flexibility index (Phi) is 3.39. The molecule has 0 radical (unpaired) electrons. The van der Waals surface area contributed by atoms with Crippen molar-refractivity contribution < 1.29 is 4.74 Å². The number of aryl methyl sites for hydroxylation is 1. The fourth-order valence-corrected chi connectivity index (χ4v) is 0.840. The van der Waals surface area contributed by atoms with E-state index in [1.54, 1.807) is 6.26 Å². The maximum Gasteiger partial charge on any atom is 0.126 e. The average molecular weight is 162 g/mol. The highest BCUT2D eigenvalue weighted by Gasteiger charge is 1.87. The van der Waals surface area contributed by atoms with E-state index in [0.717, 1.165) is 12.2 Å². The van der Waals surface area contributed by atoms with E-state index in [9.17, 15) is 0 Å². The van der Waals surface area contributed by atoms with E-state index in [-0.39, 0.29) is 0 Å². The van der Waals surface area contributed by atoms with Crippen LogP contribution in [0.3, 0.4) is 0 Å². The molecule has 0 bridgehead atoms. The van der Waals surface area contributed by atoms with Crippen LogP contribution >= 0.6 is 0 Å². The van der Waals surface area contributed by atoms with Gasteiger partial charge in [-0.05, 0) is 31.6 Å². The molecule has 0 spiro atoms. The predicted octanol–water partition coefficient (Wildman–Crippen LogP) is 3.30. The molecule has 0 aliphatic rings. The van der Waals surface area contributed by atoms with Crippen molar-refractivity contribution in [2.45, 2.75) is 20.3 Å². The highest BCUT2D eigenvalue weighted by molar-refractivity contribution is 5.26. The number of hydrogen-bond acceptors (Lipinski definition) is 1. The lowest BCUT2D eigenvalue weighted by molar-refractivity contribution is 0.479. The Labute approximate surface area is 73.7 Å². The molecule has 0 aromatic heterocycles. The van der Waals surface area contributed by atoms with Crippen LogP contribution in [0.5, 0.6) is 5.75 Å². The normalized spacial score (nSPS) is 10.5. The van der Waals surface area contributed by atoms with Gasteiger partial charge in [0, 0.05) is 0 Å². The van der Waals surface area contributed by atoms with E-state index in [2.05, 4.69) is 13.8 Å². The summed E-state index contributed by atoms with van der Waals surface area (Å²) in [6.07, 6.45) is 4.72. The summed E-state index contributed by atoms with van der Waals surface area (Å²) in [6, 6.07) is 8.01. The molecule has 0 aliphatic heterocycles. The highest BCUT2D eigenvalue weighted by Crippen LogP contribution is 2.11. The van der Waals surface area contributed by atoms with Crippen molar-refractivity contribution in [2.24, 2.45) is 0 Å². The largest absolute Gasteiger partial charge is 0.465 e. The number of benzene rings is 1. The SMILES string of the molecule is CCC=COc1ccc(C)cc1. The second-order valence-corrected chi connectivity index (χ2v) is 2.71. The van der Waals surface area contributed by atoms with Gasteiger partial charge in [-0.15, -0.1) is 0 Å². The van der Waals surface area contributed by atoms with Crippen molar-refractivity contribution in [3.63, 3.8) is 0 Å². The maximum absolute atomic E-state index is 5.32. The van der Waals surface area contributed by atoms with Crippen LogP contribution in [0, 0.1) is 6.92 Å². The van der Waals surface area contributed by atoms with Gasteiger partial charge in [-0.25, -0.2) is 0 Å². The summed E-state index contributed by atoms with van der Waals surface area (Å²) < 4.78 is 5.32. The molecule has 0 unspecified atom stereocenters. The fourth-order valence-electron chi connectivity index (χ4n) is 0.840. The van der Waals surface area contributed by atoms with Gasteiger partial charge in [-0.2, -0.15) is 0 Å². The minimum absolute atomic E-state index is 0.894. The van der Waals surface area contributed by atoms with Crippen LogP contribution in [0.1, 0.15) is 18.9 Å². The third kappa shape index (κ3) is 2.79. The van der Waals surface area contributed by atoms with Crippen molar-refractivity contribution in [3.05, 3.63) is 42.2 Å². The lowest BCUT2D eigenvalue weighted by Crippen LogP contribution is -1.81. The molecule has 0 aliphatic carbocycles. The van der Waals surface area contributed by atoms with Gasteiger partial charge in [0.25, 0.3) is 0 Å². The van der Waals surface area contributed by atoms with Crippen LogP contribution in [0.2, 0.25) is 0 Å². The molecular formula is C11H14O. The number of rotatable bonds is 3. The Hall–Kier alpha value is -1.24. The molecule has 0 N–H and O–H groups in total. The van der Waals surface area contributed by atoms with E-state index in [1.807, 2.05) is 30.3 Å². The van der Waals surface area contributed by atoms with Gasteiger partial charge in [0.1, 0.15) is 5.75 Å². The van der Waals surface area contributed by atoms with Gasteiger partial charge < -0.3 is 4.74 Å². The second-order valence-electron chi connectivity index (χ2n) is 2.71. The Morgan fingerprint density at radius 3 is 2.50 bits per heavy atom. The summed E-state index contributed by atoms with van der Waals surface area (Å²) in [7, 11) is 0. The van der Waals surface area contributed by atoms with Crippen molar-refractivity contribution >= 4 is 0 Å². The van der Waals surface area contributed by atoms with Crippen molar-refractivity contribution in [2.75, 3.05) is 0 Å². The lowest BCUT2D eigenvalue weighted by atomic mass is 10.2. The Bertz CT molecular complexity index is 246. The molecule has 1 rings (SSSR count). The predicted molar refractivity (Wildman–Crippen MR) is 51.2 cm³/mol. The van der Waals surface area contributed by atoms with Gasteiger partial charge in [0.05, 0.1) is 6.26 Å². The molecule has 64 valence electrons. The van der Waals surface area contributed by atoms with E-state index in [1.165, 1.54) is 5.56 Å². The van der Waals surface area contributed by atoms with Gasteiger partial charge in [-0.3, -0.25) is 0 Å². The molecule has 12 heavy (non-hydrogen) atoms. The van der Waals surface area contributed by atoms with E-state index >= 15 is 0 Å². The van der Waals surface area contributed by atoms with Crippen molar-refractivity contribution in [3.8, 4) is 5.75 Å². The fraction of sp³-hybridized carbons (Fsp3) is 0.273. The molecule has 0 atom stereocenters. The Morgan fingerprint density at radius 2 is 1.92 bits per heavy atom. The lowest BCUT2D eigenvalue weighted by Gasteiger charge is -1.99. The molecular weight excluding hydrogens is 148 g/mol. The van der Waals surface area contributed by atoms with E-state index in [4.69, 9.17) is 4.74 Å². The quantitative estimate of drug-likeness (QED) is 0.619. The van der Waals surface area contributed by atoms with Crippen LogP contribution in [0.15, 0.2) is 36.6 Å². The zero-order chi connectivity index (χ0) is 8.81. The summed E-state index contributed by atoms with van der Waals surface area (Å²) in [5.41, 5.74) is 1.25. The van der Waals surface area contributed by atoms with Gasteiger partial charge in [-0.1, -0.05) is 24.6 Å². The Balaban J connectivity index is 2.53. The Morgan fingerprint density at radius 1 is 1.25 bits per heavy atom. The second kappa shape index (κ2) is 4.60. The van der Waals surface area contributed by atoms with Crippen LogP contribution < -0.4 is 4.74 Å². The smallest absolute Gasteiger partial charge is 0.126 e. The molecule has 1 aromatic rings. The standard InChI is InChI=1S/C11H14O/c1-3-4-9-12-11-7-5-10(2)6-8-11/h4-9H,3H2,1-2H3. The molecule has 0 saturated carbocycles. The van der Waals surface area contributed by atoms with Gasteiger partial charge in [0.2, 0.25) is 0 Å². The molecule has 0 saturated heterocycles. The minimum Gasteiger partial charge on any atom is -0.465 e. The van der Waals surface area contributed by atoms with Crippen LogP contribution in [0.4, 0.5) is 0 Å². The third-order valence-electron chi connectivity index (χ3n) is 1.56. The summed E-state index contributed by atoms with van der Waals surface area (Å²) in [4.78, 5) is 0. The summed E-state index contributed by atoms with van der Waals surface area (Å²) >= 11 is 0. The first-order valence-electron chi connectivity index (χ1n) is 4.21. The summed E-state index contributed by atoms with van der Waals surface area (Å²) in [6.45, 7) is 4.14. The summed E-state index contributed by atoms with van der Waals surface area (Å²) in [5, 5.41) is 0. The number of ether oxygens (including phenoxy) is 1. The van der Waals surface area contributed by atoms with Crippen LogP contribution in [0.25, 0.3) is 0 Å². The first kappa shape index (κ1) is 8.85. The first-order chi connectivity index (χ1) is 5.83. The maximum atomic E-state index is 5.32. The van der Waals surface area contributed by atoms with E-state index in [0.29, 0.717) is 0 Å². The highest BCUT2D eigenvalue weighted by atomic mass is 16.5. The monoisotopic (exact) mass is 162 g/mol. The molecule has 1 nitrogen and oxygen atoms in total. The number of hydrogen-bond donors (Lipinski definition) is 0. The zero-order valence-corrected chi connectivity index (χ0v) is 7.58. The molecule has 0 fully saturated rings. The van der Waals surface area contributed by atoms with Gasteiger partial charge in [0.15, 0.2) is 0 Å². The molecule has 0 heterocycles. The minimum atomic E-state index is 0.894. The molecule has 1 heteroatoms. The number of allylic oxidation sites excluding steroid dienone is 1.